The monoisotopic (exact) mass is 238 g/mol. The molecule has 7 heteroatoms. The summed E-state index contributed by atoms with van der Waals surface area (Å²) in [5, 5.41) is 15.0. The molecule has 0 spiro atoms. The van der Waals surface area contributed by atoms with E-state index in [4.69, 9.17) is 5.26 Å². The Bertz CT molecular complexity index is 562. The molecule has 4 nitrogen and oxygen atoms in total. The fraction of sp³-hybridized carbons (Fsp3) is 0.100. The summed E-state index contributed by atoms with van der Waals surface area (Å²) in [5.74, 6) is 0. The number of benzene rings is 1. The summed E-state index contributed by atoms with van der Waals surface area (Å²) in [4.78, 5) is 0. The number of hydrogen-bond acceptors (Lipinski definition) is 3. The molecule has 86 valence electrons. The van der Waals surface area contributed by atoms with Crippen LogP contribution in [0.5, 0.6) is 0 Å². The topological polar surface area (TPSA) is 54.5 Å². The fourth-order valence-electron chi connectivity index (χ4n) is 1.21. The maximum Gasteiger partial charge on any atom is 0.436 e. The molecular weight excluding hydrogens is 233 g/mol. The Balaban J connectivity index is 2.34. The van der Waals surface area contributed by atoms with Crippen LogP contribution in [0.3, 0.4) is 0 Å². The van der Waals surface area contributed by atoms with Crippen molar-refractivity contribution in [2.45, 2.75) is 6.18 Å². The van der Waals surface area contributed by atoms with E-state index in [0.717, 1.165) is 10.9 Å². The summed E-state index contributed by atoms with van der Waals surface area (Å²) in [6.07, 6.45) is -3.72. The molecule has 2 aromatic rings. The lowest BCUT2D eigenvalue weighted by Crippen LogP contribution is -2.04. The van der Waals surface area contributed by atoms with Crippen molar-refractivity contribution in [3.63, 3.8) is 0 Å². The van der Waals surface area contributed by atoms with E-state index in [0.29, 0.717) is 11.3 Å². The van der Waals surface area contributed by atoms with Gasteiger partial charge in [0, 0.05) is 0 Å². The van der Waals surface area contributed by atoms with Crippen LogP contribution in [0.25, 0.3) is 5.69 Å². The number of hydrogen-bond donors (Lipinski definition) is 0. The van der Waals surface area contributed by atoms with E-state index < -0.39 is 11.9 Å². The third-order valence-electron chi connectivity index (χ3n) is 2.04. The average Bonchev–Trinajstić information content (AvgIpc) is 2.78. The molecule has 0 atom stereocenters. The lowest BCUT2D eigenvalue weighted by Gasteiger charge is -2.00. The molecule has 0 bridgehead atoms. The summed E-state index contributed by atoms with van der Waals surface area (Å²) < 4.78 is 37.8. The molecule has 0 saturated heterocycles. The van der Waals surface area contributed by atoms with Crippen LogP contribution in [0.1, 0.15) is 11.3 Å². The lowest BCUT2D eigenvalue weighted by molar-refractivity contribution is -0.141. The van der Waals surface area contributed by atoms with Crippen LogP contribution >= 0.6 is 0 Å². The van der Waals surface area contributed by atoms with E-state index in [1.165, 1.54) is 24.3 Å². The van der Waals surface area contributed by atoms with Gasteiger partial charge in [-0.1, -0.05) is 5.21 Å². The summed E-state index contributed by atoms with van der Waals surface area (Å²) in [5.41, 5.74) is -0.223. The highest BCUT2D eigenvalue weighted by Crippen LogP contribution is 2.27. The largest absolute Gasteiger partial charge is 0.436 e. The Morgan fingerprint density at radius 1 is 1.18 bits per heavy atom. The van der Waals surface area contributed by atoms with Crippen molar-refractivity contribution in [3.8, 4) is 11.8 Å². The van der Waals surface area contributed by atoms with Gasteiger partial charge >= 0.3 is 6.18 Å². The standard InChI is InChI=1S/C10H5F3N4/c11-10(12,13)9-6-17(16-15-9)8-3-1-7(5-14)2-4-8/h1-4,6H. The van der Waals surface area contributed by atoms with Crippen molar-refractivity contribution in [2.24, 2.45) is 0 Å². The van der Waals surface area contributed by atoms with Gasteiger partial charge in [0.1, 0.15) is 0 Å². The van der Waals surface area contributed by atoms with E-state index in [2.05, 4.69) is 10.3 Å². The zero-order chi connectivity index (χ0) is 12.5. The first-order valence-corrected chi connectivity index (χ1v) is 4.51. The van der Waals surface area contributed by atoms with Crippen molar-refractivity contribution in [1.29, 1.82) is 5.26 Å². The molecule has 1 aromatic carbocycles. The minimum atomic E-state index is -4.51. The highest BCUT2D eigenvalue weighted by molar-refractivity contribution is 5.38. The van der Waals surface area contributed by atoms with E-state index in [9.17, 15) is 13.2 Å². The molecule has 0 aliphatic heterocycles. The van der Waals surface area contributed by atoms with Gasteiger partial charge < -0.3 is 0 Å². The molecule has 17 heavy (non-hydrogen) atoms. The van der Waals surface area contributed by atoms with Crippen LogP contribution in [0, 0.1) is 11.3 Å². The zero-order valence-corrected chi connectivity index (χ0v) is 8.31. The number of halogens is 3. The smallest absolute Gasteiger partial charge is 0.220 e. The maximum absolute atomic E-state index is 12.3. The molecule has 0 unspecified atom stereocenters. The third kappa shape index (κ3) is 2.25. The Morgan fingerprint density at radius 3 is 2.29 bits per heavy atom. The van der Waals surface area contributed by atoms with Crippen LogP contribution < -0.4 is 0 Å². The van der Waals surface area contributed by atoms with Crippen LogP contribution in [-0.2, 0) is 6.18 Å². The normalized spacial score (nSPS) is 11.2. The van der Waals surface area contributed by atoms with Gasteiger partial charge in [0.15, 0.2) is 5.69 Å². The number of alkyl halides is 3. The van der Waals surface area contributed by atoms with Crippen molar-refractivity contribution < 1.29 is 13.2 Å². The number of rotatable bonds is 1. The van der Waals surface area contributed by atoms with Crippen LogP contribution in [0.4, 0.5) is 13.2 Å². The van der Waals surface area contributed by atoms with E-state index in [-0.39, 0.29) is 0 Å². The second-order valence-electron chi connectivity index (χ2n) is 3.20. The first-order chi connectivity index (χ1) is 8.00. The molecule has 0 N–H and O–H groups in total. The molecule has 0 fully saturated rings. The van der Waals surface area contributed by atoms with Crippen LogP contribution in [0.15, 0.2) is 30.5 Å². The van der Waals surface area contributed by atoms with Gasteiger partial charge in [-0.25, -0.2) is 4.68 Å². The van der Waals surface area contributed by atoms with Gasteiger partial charge in [-0.2, -0.15) is 18.4 Å². The fourth-order valence-corrected chi connectivity index (χ4v) is 1.21. The number of nitrogens with zero attached hydrogens (tertiary/aromatic N) is 4. The summed E-state index contributed by atoms with van der Waals surface area (Å²) in [7, 11) is 0. The van der Waals surface area contributed by atoms with Gasteiger partial charge in [0.25, 0.3) is 0 Å². The predicted molar refractivity (Wildman–Crippen MR) is 51.1 cm³/mol. The summed E-state index contributed by atoms with van der Waals surface area (Å²) in [6, 6.07) is 7.88. The quantitative estimate of drug-likeness (QED) is 0.764. The second-order valence-corrected chi connectivity index (χ2v) is 3.20. The molecular formula is C10H5F3N4. The first kappa shape index (κ1) is 11.1. The summed E-state index contributed by atoms with van der Waals surface area (Å²) in [6.45, 7) is 0. The highest BCUT2D eigenvalue weighted by atomic mass is 19.4. The lowest BCUT2D eigenvalue weighted by atomic mass is 10.2. The van der Waals surface area contributed by atoms with E-state index in [1.54, 1.807) is 0 Å². The van der Waals surface area contributed by atoms with Crippen LogP contribution in [0.2, 0.25) is 0 Å². The predicted octanol–water partition coefficient (Wildman–Crippen LogP) is 2.16. The highest BCUT2D eigenvalue weighted by Gasteiger charge is 2.34. The van der Waals surface area contributed by atoms with Gasteiger partial charge in [0.2, 0.25) is 0 Å². The minimum Gasteiger partial charge on any atom is -0.220 e. The Hall–Kier alpha value is -2.36. The van der Waals surface area contributed by atoms with Gasteiger partial charge in [-0.05, 0) is 24.3 Å². The molecule has 1 heterocycles. The number of aromatic nitrogens is 3. The van der Waals surface area contributed by atoms with Crippen molar-refractivity contribution in [1.82, 2.24) is 15.0 Å². The molecule has 0 saturated carbocycles. The molecule has 0 amide bonds. The van der Waals surface area contributed by atoms with Crippen molar-refractivity contribution in [2.75, 3.05) is 0 Å². The van der Waals surface area contributed by atoms with Gasteiger partial charge in [0.05, 0.1) is 23.5 Å². The molecule has 0 aliphatic rings. The molecule has 1 aromatic heterocycles. The Kier molecular flexibility index (Phi) is 2.55. The van der Waals surface area contributed by atoms with Gasteiger partial charge in [-0.15, -0.1) is 5.10 Å². The third-order valence-corrected chi connectivity index (χ3v) is 2.04. The van der Waals surface area contributed by atoms with Crippen molar-refractivity contribution >= 4 is 0 Å². The molecule has 0 aliphatic carbocycles. The average molecular weight is 238 g/mol. The Morgan fingerprint density at radius 2 is 1.82 bits per heavy atom. The summed E-state index contributed by atoms with van der Waals surface area (Å²) >= 11 is 0. The second kappa shape index (κ2) is 3.90. The minimum absolute atomic E-state index is 0.409. The zero-order valence-electron chi connectivity index (χ0n) is 8.31. The number of nitriles is 1. The van der Waals surface area contributed by atoms with Crippen LogP contribution in [-0.4, -0.2) is 15.0 Å². The first-order valence-electron chi connectivity index (χ1n) is 4.51. The Labute approximate surface area is 93.9 Å². The van der Waals surface area contributed by atoms with Crippen molar-refractivity contribution in [3.05, 3.63) is 41.7 Å². The van der Waals surface area contributed by atoms with E-state index >= 15 is 0 Å². The van der Waals surface area contributed by atoms with Gasteiger partial charge in [-0.3, -0.25) is 0 Å². The SMILES string of the molecule is N#Cc1ccc(-n2cc(C(F)(F)F)nn2)cc1. The molecule has 0 radical (unpaired) electrons. The molecule has 2 rings (SSSR count). The maximum atomic E-state index is 12.3. The van der Waals surface area contributed by atoms with E-state index in [1.807, 2.05) is 6.07 Å².